The molecule has 0 spiro atoms. The molecule has 0 aliphatic heterocycles. The zero-order valence-electron chi connectivity index (χ0n) is 11.2. The van der Waals surface area contributed by atoms with E-state index in [2.05, 4.69) is 0 Å². The molecule has 2 unspecified atom stereocenters. The van der Waals surface area contributed by atoms with Gasteiger partial charge < -0.3 is 14.6 Å². The van der Waals surface area contributed by atoms with Crippen molar-refractivity contribution in [3.05, 3.63) is 0 Å². The third-order valence-corrected chi connectivity index (χ3v) is 2.98. The van der Waals surface area contributed by atoms with Gasteiger partial charge >= 0.3 is 11.9 Å². The molecule has 6 heteroatoms. The molecular weight excluding hydrogens is 252 g/mol. The molecule has 0 aliphatic rings. The zero-order valence-corrected chi connectivity index (χ0v) is 12.6. The Morgan fingerprint density at radius 3 is 2.00 bits per heavy atom. The molecule has 0 aliphatic carbocycles. The molecule has 0 amide bonds. The first-order chi connectivity index (χ1) is 8.58. The lowest BCUT2D eigenvalue weighted by molar-refractivity contribution is -0.171. The van der Waals surface area contributed by atoms with Crippen LogP contribution in [0.5, 0.6) is 0 Å². The summed E-state index contributed by atoms with van der Waals surface area (Å²) in [6.07, 6.45) is 0.646. The Morgan fingerprint density at radius 1 is 1.11 bits per heavy atom. The predicted molar refractivity (Wildman–Crippen MR) is 70.0 cm³/mol. The van der Waals surface area contributed by atoms with Gasteiger partial charge in [0.2, 0.25) is 0 Å². The van der Waals surface area contributed by atoms with E-state index in [9.17, 15) is 14.7 Å². The van der Waals surface area contributed by atoms with Crippen LogP contribution < -0.4 is 0 Å². The Bertz CT molecular complexity index is 257. The number of carbonyl (C=O) groups excluding carboxylic acids is 2. The first-order valence-corrected chi connectivity index (χ1v) is 7.38. The number of esters is 2. The number of aliphatic hydroxyl groups is 1. The molecule has 0 bridgehead atoms. The Morgan fingerprint density at radius 2 is 1.61 bits per heavy atom. The number of carbonyl (C=O) groups is 2. The predicted octanol–water partition coefficient (Wildman–Crippen LogP) is 0.454. The second-order valence-electron chi connectivity index (χ2n) is 3.94. The molecule has 0 fully saturated rings. The second kappa shape index (κ2) is 10.1. The quantitative estimate of drug-likeness (QED) is 0.489. The molecule has 5 nitrogen and oxygen atoms in total. The topological polar surface area (TPSA) is 72.8 Å². The smallest absolute Gasteiger partial charge is 0.305 e. The highest BCUT2D eigenvalue weighted by molar-refractivity contribution is 6.08. The molecule has 0 saturated heterocycles. The third kappa shape index (κ3) is 6.76. The van der Waals surface area contributed by atoms with Gasteiger partial charge in [-0.05, 0) is 6.42 Å². The SMILES string of the molecule is CCC(=O)OC(CO)C(CCC[SiH2])OC(=O)CC. The van der Waals surface area contributed by atoms with Crippen molar-refractivity contribution in [2.45, 2.75) is 57.8 Å². The average molecular weight is 275 g/mol. The van der Waals surface area contributed by atoms with Gasteiger partial charge in [-0.3, -0.25) is 9.59 Å². The summed E-state index contributed by atoms with van der Waals surface area (Å²) < 4.78 is 10.3. The molecule has 1 N–H and O–H groups in total. The van der Waals surface area contributed by atoms with Crippen LogP contribution in [0, 0.1) is 0 Å². The van der Waals surface area contributed by atoms with Gasteiger partial charge in [0.25, 0.3) is 0 Å². The monoisotopic (exact) mass is 275 g/mol. The van der Waals surface area contributed by atoms with Crippen molar-refractivity contribution in [2.24, 2.45) is 0 Å². The van der Waals surface area contributed by atoms with Crippen molar-refractivity contribution < 1.29 is 24.2 Å². The highest BCUT2D eigenvalue weighted by atomic mass is 28.1. The lowest BCUT2D eigenvalue weighted by atomic mass is 10.1. The number of rotatable bonds is 9. The van der Waals surface area contributed by atoms with Crippen LogP contribution in [0.2, 0.25) is 6.04 Å². The van der Waals surface area contributed by atoms with Crippen LogP contribution in [-0.2, 0) is 19.1 Å². The van der Waals surface area contributed by atoms with Crippen LogP contribution in [0.25, 0.3) is 0 Å². The van der Waals surface area contributed by atoms with Crippen molar-refractivity contribution in [1.82, 2.24) is 0 Å². The molecular formula is C12H23O5Si. The second-order valence-corrected chi connectivity index (χ2v) is 4.65. The van der Waals surface area contributed by atoms with E-state index in [1.807, 2.05) is 10.2 Å². The molecule has 0 aromatic rings. The first kappa shape index (κ1) is 17.1. The highest BCUT2D eigenvalue weighted by Crippen LogP contribution is 2.14. The molecule has 2 atom stereocenters. The Labute approximate surface area is 111 Å². The number of ether oxygens (including phenoxy) is 2. The van der Waals surface area contributed by atoms with E-state index in [1.54, 1.807) is 13.8 Å². The summed E-state index contributed by atoms with van der Waals surface area (Å²) in [6.45, 7) is 3.04. The summed E-state index contributed by atoms with van der Waals surface area (Å²) >= 11 is 0. The molecule has 0 aromatic carbocycles. The van der Waals surface area contributed by atoms with Gasteiger partial charge in [0, 0.05) is 23.1 Å². The standard InChI is InChI=1S/C12H23O5Si/c1-3-11(14)16-9(6-5-7-18)10(8-13)17-12(15)4-2/h9-10,13H,3-8,18H2,1-2H3. The van der Waals surface area contributed by atoms with E-state index in [4.69, 9.17) is 9.47 Å². The lowest BCUT2D eigenvalue weighted by Gasteiger charge is -2.25. The maximum Gasteiger partial charge on any atom is 0.305 e. The Hall–Kier alpha value is -0.883. The van der Waals surface area contributed by atoms with E-state index < -0.39 is 18.2 Å². The van der Waals surface area contributed by atoms with Gasteiger partial charge in [-0.25, -0.2) is 0 Å². The van der Waals surface area contributed by atoms with Gasteiger partial charge in [0.1, 0.15) is 6.10 Å². The molecule has 0 aromatic heterocycles. The summed E-state index contributed by atoms with van der Waals surface area (Å²) in [7, 11) is 1.83. The Balaban J connectivity index is 4.54. The fraction of sp³-hybridized carbons (Fsp3) is 0.833. The van der Waals surface area contributed by atoms with Crippen LogP contribution in [0.3, 0.4) is 0 Å². The van der Waals surface area contributed by atoms with Gasteiger partial charge in [-0.2, -0.15) is 0 Å². The van der Waals surface area contributed by atoms with E-state index in [1.165, 1.54) is 0 Å². The van der Waals surface area contributed by atoms with E-state index in [-0.39, 0.29) is 25.4 Å². The summed E-state index contributed by atoms with van der Waals surface area (Å²) in [5.41, 5.74) is 0. The highest BCUT2D eigenvalue weighted by Gasteiger charge is 2.27. The summed E-state index contributed by atoms with van der Waals surface area (Å²) in [5.74, 6) is -0.741. The van der Waals surface area contributed by atoms with E-state index in [0.717, 1.165) is 12.5 Å². The fourth-order valence-corrected chi connectivity index (χ4v) is 1.69. The maximum atomic E-state index is 11.3. The summed E-state index contributed by atoms with van der Waals surface area (Å²) in [4.78, 5) is 22.6. The zero-order chi connectivity index (χ0) is 14.0. The fourth-order valence-electron chi connectivity index (χ4n) is 1.40. The minimum Gasteiger partial charge on any atom is -0.458 e. The molecule has 0 rings (SSSR count). The van der Waals surface area contributed by atoms with Crippen LogP contribution in [0.15, 0.2) is 0 Å². The molecule has 105 valence electrons. The number of hydrogen-bond acceptors (Lipinski definition) is 5. The molecule has 0 heterocycles. The first-order valence-electron chi connectivity index (χ1n) is 6.38. The van der Waals surface area contributed by atoms with Crippen LogP contribution in [0.4, 0.5) is 0 Å². The number of hydrogen-bond donors (Lipinski definition) is 1. The van der Waals surface area contributed by atoms with E-state index >= 15 is 0 Å². The van der Waals surface area contributed by atoms with Gasteiger partial charge in [0.15, 0.2) is 6.10 Å². The Kier molecular flexibility index (Phi) is 9.58. The third-order valence-electron chi connectivity index (χ3n) is 2.48. The minimum absolute atomic E-state index is 0.236. The van der Waals surface area contributed by atoms with Crippen molar-refractivity contribution in [2.75, 3.05) is 6.61 Å². The normalized spacial score (nSPS) is 13.8. The largest absolute Gasteiger partial charge is 0.458 e. The molecule has 1 radical (unpaired) electrons. The maximum absolute atomic E-state index is 11.3. The van der Waals surface area contributed by atoms with Crippen LogP contribution in [0.1, 0.15) is 39.5 Å². The van der Waals surface area contributed by atoms with Gasteiger partial charge in [-0.1, -0.05) is 26.3 Å². The molecule has 0 saturated carbocycles. The average Bonchev–Trinajstić information content (AvgIpc) is 2.40. The van der Waals surface area contributed by atoms with E-state index in [0.29, 0.717) is 6.42 Å². The molecule has 18 heavy (non-hydrogen) atoms. The van der Waals surface area contributed by atoms with Crippen molar-refractivity contribution in [1.29, 1.82) is 0 Å². The van der Waals surface area contributed by atoms with Crippen molar-refractivity contribution >= 4 is 22.2 Å². The lowest BCUT2D eigenvalue weighted by Crippen LogP contribution is -2.37. The van der Waals surface area contributed by atoms with Crippen LogP contribution in [-0.4, -0.2) is 46.1 Å². The van der Waals surface area contributed by atoms with Crippen LogP contribution >= 0.6 is 0 Å². The summed E-state index contributed by atoms with van der Waals surface area (Å²) in [5, 5.41) is 9.26. The number of aliphatic hydroxyl groups excluding tert-OH is 1. The summed E-state index contributed by atoms with van der Waals surface area (Å²) in [6, 6.07) is 0.972. The van der Waals surface area contributed by atoms with Crippen molar-refractivity contribution in [3.8, 4) is 0 Å². The minimum atomic E-state index is -0.761. The van der Waals surface area contributed by atoms with Gasteiger partial charge in [0.05, 0.1) is 6.61 Å². The van der Waals surface area contributed by atoms with Gasteiger partial charge in [-0.15, -0.1) is 0 Å². The van der Waals surface area contributed by atoms with Crippen molar-refractivity contribution in [3.63, 3.8) is 0 Å².